The van der Waals surface area contributed by atoms with E-state index in [1.54, 1.807) is 22.3 Å². The molecule has 0 spiro atoms. The van der Waals surface area contributed by atoms with Gasteiger partial charge in [0.05, 0.1) is 8.07 Å². The van der Waals surface area contributed by atoms with Crippen LogP contribution in [0, 0.1) is 11.8 Å². The molecule has 4 aromatic carbocycles. The molecule has 0 bridgehead atoms. The zero-order chi connectivity index (χ0) is 31.9. The molecule has 2 atom stereocenters. The van der Waals surface area contributed by atoms with Crippen molar-refractivity contribution in [1.29, 1.82) is 0 Å². The topological polar surface area (TPSA) is 0 Å². The van der Waals surface area contributed by atoms with Crippen LogP contribution in [0.4, 0.5) is 0 Å². The van der Waals surface area contributed by atoms with Gasteiger partial charge in [0.1, 0.15) is 0 Å². The van der Waals surface area contributed by atoms with Crippen LogP contribution in [0.15, 0.2) is 96.1 Å². The van der Waals surface area contributed by atoms with Crippen molar-refractivity contribution in [2.45, 2.75) is 91.4 Å². The quantitative estimate of drug-likeness (QED) is 0.157. The van der Waals surface area contributed by atoms with E-state index in [2.05, 4.69) is 152 Å². The van der Waals surface area contributed by atoms with Crippen molar-refractivity contribution in [3.63, 3.8) is 0 Å². The number of hydrogen-bond acceptors (Lipinski definition) is 0. The standard InChI is InChI=1S/C44H52Si/c1-9-13-31-19-23-33(24-20-31)35-15-11-17-37-41(35)27-39(29(3)4)43(37)45(7,8)44-38-18-12-16-36(42(38)28-40(44)30(5)6)34-25-21-32(14-10-2)22-26-34/h11-12,15-30,43-44H,9-10,13-14H2,1-8H3. The molecule has 4 aromatic rings. The summed E-state index contributed by atoms with van der Waals surface area (Å²) in [7, 11) is -2.02. The number of rotatable bonds is 10. The molecule has 0 radical (unpaired) electrons. The summed E-state index contributed by atoms with van der Waals surface area (Å²) in [5, 5.41) is 0. The number of fused-ring (bicyclic) bond motifs is 2. The molecule has 0 nitrogen and oxygen atoms in total. The fourth-order valence-corrected chi connectivity index (χ4v) is 13.5. The summed E-state index contributed by atoms with van der Waals surface area (Å²) < 4.78 is 0. The number of hydrogen-bond donors (Lipinski definition) is 0. The first-order chi connectivity index (χ1) is 21.6. The Kier molecular flexibility index (Phi) is 8.95. The van der Waals surface area contributed by atoms with Gasteiger partial charge in [-0.1, -0.05) is 176 Å². The van der Waals surface area contributed by atoms with Crippen LogP contribution in [0.2, 0.25) is 13.1 Å². The second-order valence-electron chi connectivity index (χ2n) is 14.8. The molecule has 2 unspecified atom stereocenters. The normalized spacial score (nSPS) is 17.5. The maximum Gasteiger partial charge on any atom is 0.0722 e. The zero-order valence-electron chi connectivity index (χ0n) is 28.9. The molecule has 1 heteroatoms. The summed E-state index contributed by atoms with van der Waals surface area (Å²) in [6, 6.07) is 33.0. The number of aryl methyl sites for hydroxylation is 2. The van der Waals surface area contributed by atoms with Crippen LogP contribution in [0.3, 0.4) is 0 Å². The van der Waals surface area contributed by atoms with Gasteiger partial charge < -0.3 is 0 Å². The van der Waals surface area contributed by atoms with Gasteiger partial charge in [-0.25, -0.2) is 0 Å². The predicted octanol–water partition coefficient (Wildman–Crippen LogP) is 12.7. The fraction of sp³-hybridized carbons (Fsp3) is 0.364. The SMILES string of the molecule is CCCc1ccc(-c2cccc3c2C=C(C(C)C)C3[Si](C)(C)C2C(C(C)C)=Cc3c(-c4ccc(CCC)cc4)cccc32)cc1. The van der Waals surface area contributed by atoms with Crippen molar-refractivity contribution < 1.29 is 0 Å². The summed E-state index contributed by atoms with van der Waals surface area (Å²) >= 11 is 0. The minimum Gasteiger partial charge on any atom is -0.0679 e. The highest BCUT2D eigenvalue weighted by Crippen LogP contribution is 2.56. The van der Waals surface area contributed by atoms with Gasteiger partial charge in [0.15, 0.2) is 0 Å². The Morgan fingerprint density at radius 3 is 1.24 bits per heavy atom. The van der Waals surface area contributed by atoms with Crippen molar-refractivity contribution in [2.24, 2.45) is 11.8 Å². The lowest BCUT2D eigenvalue weighted by atomic mass is 9.95. The summed E-state index contributed by atoms with van der Waals surface area (Å²) in [4.78, 5) is 0. The van der Waals surface area contributed by atoms with Crippen LogP contribution in [0.1, 0.15) is 98.8 Å². The van der Waals surface area contributed by atoms with E-state index in [9.17, 15) is 0 Å². The molecule has 0 saturated heterocycles. The highest BCUT2D eigenvalue weighted by atomic mass is 28.3. The van der Waals surface area contributed by atoms with E-state index >= 15 is 0 Å². The van der Waals surface area contributed by atoms with E-state index in [-0.39, 0.29) is 0 Å². The summed E-state index contributed by atoms with van der Waals surface area (Å²) in [5.41, 5.74) is 18.6. The Morgan fingerprint density at radius 1 is 0.533 bits per heavy atom. The first-order valence-corrected chi connectivity index (χ1v) is 20.7. The Morgan fingerprint density at radius 2 is 0.911 bits per heavy atom. The Balaban J connectivity index is 1.45. The van der Waals surface area contributed by atoms with E-state index in [1.807, 2.05) is 0 Å². The molecular formula is C44H52Si. The third kappa shape index (κ3) is 5.74. The number of benzene rings is 4. The average molecular weight is 609 g/mol. The van der Waals surface area contributed by atoms with Crippen LogP contribution >= 0.6 is 0 Å². The summed E-state index contributed by atoms with van der Waals surface area (Å²) in [5.74, 6) is 1.02. The van der Waals surface area contributed by atoms with Gasteiger partial charge in [0.2, 0.25) is 0 Å². The minimum atomic E-state index is -2.02. The predicted molar refractivity (Wildman–Crippen MR) is 200 cm³/mol. The van der Waals surface area contributed by atoms with E-state index < -0.39 is 8.07 Å². The van der Waals surface area contributed by atoms with E-state index in [0.717, 1.165) is 12.8 Å². The van der Waals surface area contributed by atoms with Gasteiger partial charge in [-0.15, -0.1) is 0 Å². The maximum atomic E-state index is 2.69. The maximum absolute atomic E-state index is 2.69. The largest absolute Gasteiger partial charge is 0.0722 e. The molecule has 0 N–H and O–H groups in total. The highest BCUT2D eigenvalue weighted by molar-refractivity contribution is 6.81. The van der Waals surface area contributed by atoms with Gasteiger partial charge in [0.25, 0.3) is 0 Å². The van der Waals surface area contributed by atoms with E-state index in [0.29, 0.717) is 22.9 Å². The van der Waals surface area contributed by atoms with Gasteiger partial charge >= 0.3 is 0 Å². The first kappa shape index (κ1) is 31.6. The Hall–Kier alpha value is -3.42. The second-order valence-corrected chi connectivity index (χ2v) is 19.6. The van der Waals surface area contributed by atoms with Crippen LogP contribution in [-0.2, 0) is 12.8 Å². The van der Waals surface area contributed by atoms with Gasteiger partial charge in [-0.2, -0.15) is 0 Å². The fourth-order valence-electron chi connectivity index (χ4n) is 8.46. The lowest BCUT2D eigenvalue weighted by Gasteiger charge is -2.41. The van der Waals surface area contributed by atoms with Crippen molar-refractivity contribution in [3.8, 4) is 22.3 Å². The lowest BCUT2D eigenvalue weighted by Crippen LogP contribution is -2.44. The molecule has 6 rings (SSSR count). The molecule has 0 amide bonds. The summed E-state index contributed by atoms with van der Waals surface area (Å²) in [6.45, 7) is 19.6. The van der Waals surface area contributed by atoms with Gasteiger partial charge in [-0.05, 0) is 80.3 Å². The monoisotopic (exact) mass is 608 g/mol. The molecule has 0 fully saturated rings. The van der Waals surface area contributed by atoms with E-state index in [1.165, 1.54) is 57.3 Å². The minimum absolute atomic E-state index is 0.488. The van der Waals surface area contributed by atoms with Gasteiger partial charge in [0, 0.05) is 11.1 Å². The number of allylic oxidation sites excluding steroid dienone is 2. The van der Waals surface area contributed by atoms with Crippen LogP contribution in [0.25, 0.3) is 34.4 Å². The van der Waals surface area contributed by atoms with E-state index in [4.69, 9.17) is 0 Å². The van der Waals surface area contributed by atoms with Crippen molar-refractivity contribution in [1.82, 2.24) is 0 Å². The molecule has 0 heterocycles. The van der Waals surface area contributed by atoms with Crippen molar-refractivity contribution in [3.05, 3.63) is 129 Å². The molecule has 0 saturated carbocycles. The Bertz CT molecular complexity index is 1600. The first-order valence-electron chi connectivity index (χ1n) is 17.5. The average Bonchev–Trinajstić information content (AvgIpc) is 3.63. The van der Waals surface area contributed by atoms with Crippen LogP contribution in [-0.4, -0.2) is 8.07 Å². The Labute approximate surface area is 274 Å². The molecule has 0 aromatic heterocycles. The zero-order valence-corrected chi connectivity index (χ0v) is 29.9. The van der Waals surface area contributed by atoms with Gasteiger partial charge in [-0.3, -0.25) is 0 Å². The van der Waals surface area contributed by atoms with Crippen LogP contribution < -0.4 is 0 Å². The smallest absolute Gasteiger partial charge is 0.0679 e. The molecule has 2 aliphatic carbocycles. The van der Waals surface area contributed by atoms with Crippen molar-refractivity contribution >= 4 is 20.2 Å². The van der Waals surface area contributed by atoms with Crippen molar-refractivity contribution in [2.75, 3.05) is 0 Å². The second kappa shape index (κ2) is 12.8. The molecular weight excluding hydrogens is 557 g/mol. The third-order valence-corrected chi connectivity index (χ3v) is 14.9. The highest BCUT2D eigenvalue weighted by Gasteiger charge is 2.49. The molecule has 0 aliphatic heterocycles. The third-order valence-electron chi connectivity index (χ3n) is 10.6. The molecule has 232 valence electrons. The lowest BCUT2D eigenvalue weighted by molar-refractivity contribution is 0.709. The molecule has 2 aliphatic rings. The van der Waals surface area contributed by atoms with Crippen LogP contribution in [0.5, 0.6) is 0 Å². The molecule has 45 heavy (non-hydrogen) atoms. The summed E-state index contributed by atoms with van der Waals surface area (Å²) in [6.07, 6.45) is 9.85.